The van der Waals surface area contributed by atoms with E-state index in [1.54, 1.807) is 17.4 Å². The molecule has 0 spiro atoms. The van der Waals surface area contributed by atoms with Crippen LogP contribution in [0.15, 0.2) is 35.7 Å². The summed E-state index contributed by atoms with van der Waals surface area (Å²) in [6.45, 7) is 2.22. The van der Waals surface area contributed by atoms with Gasteiger partial charge in [-0.1, -0.05) is 6.07 Å². The Bertz CT molecular complexity index is 484. The molecule has 0 saturated carbocycles. The molecule has 1 aromatic carbocycles. The predicted molar refractivity (Wildman–Crippen MR) is 67.9 cm³/mol. The van der Waals surface area contributed by atoms with Crippen LogP contribution in [0.2, 0.25) is 0 Å². The zero-order valence-corrected chi connectivity index (χ0v) is 10.3. The summed E-state index contributed by atoms with van der Waals surface area (Å²) in [5.74, 6) is 0.422. The third kappa shape index (κ3) is 2.84. The maximum Gasteiger partial charge on any atom is 0.145 e. The number of nitrogens with two attached hydrogens (primary N) is 1. The summed E-state index contributed by atoms with van der Waals surface area (Å²) >= 11 is 1.60. The van der Waals surface area contributed by atoms with E-state index in [1.165, 1.54) is 12.1 Å². The SMILES string of the molecule is Cc1cc(F)ccc1OC(CN)c1cccs1. The molecule has 90 valence electrons. The first-order valence-corrected chi connectivity index (χ1v) is 6.25. The van der Waals surface area contributed by atoms with E-state index in [9.17, 15) is 4.39 Å². The van der Waals surface area contributed by atoms with Gasteiger partial charge in [-0.3, -0.25) is 0 Å². The van der Waals surface area contributed by atoms with Gasteiger partial charge >= 0.3 is 0 Å². The molecule has 0 aliphatic rings. The maximum absolute atomic E-state index is 13.0. The topological polar surface area (TPSA) is 35.2 Å². The van der Waals surface area contributed by atoms with Gasteiger partial charge in [-0.25, -0.2) is 4.39 Å². The molecule has 1 atom stereocenters. The van der Waals surface area contributed by atoms with Crippen molar-refractivity contribution in [2.24, 2.45) is 5.73 Å². The Hall–Kier alpha value is -1.39. The molecule has 4 heteroatoms. The summed E-state index contributed by atoms with van der Waals surface area (Å²) in [4.78, 5) is 1.08. The molecule has 0 amide bonds. The Kier molecular flexibility index (Phi) is 3.76. The van der Waals surface area contributed by atoms with E-state index in [-0.39, 0.29) is 11.9 Å². The Labute approximate surface area is 104 Å². The van der Waals surface area contributed by atoms with Crippen LogP contribution >= 0.6 is 11.3 Å². The highest BCUT2D eigenvalue weighted by atomic mass is 32.1. The Morgan fingerprint density at radius 1 is 1.41 bits per heavy atom. The first-order valence-electron chi connectivity index (χ1n) is 5.37. The number of hydrogen-bond donors (Lipinski definition) is 1. The first-order chi connectivity index (χ1) is 8.20. The van der Waals surface area contributed by atoms with Crippen LogP contribution in [0, 0.1) is 12.7 Å². The second kappa shape index (κ2) is 5.29. The minimum Gasteiger partial charge on any atom is -0.483 e. The fraction of sp³-hybridized carbons (Fsp3) is 0.231. The van der Waals surface area contributed by atoms with E-state index in [4.69, 9.17) is 10.5 Å². The zero-order valence-electron chi connectivity index (χ0n) is 9.52. The predicted octanol–water partition coefficient (Wildman–Crippen LogP) is 3.27. The van der Waals surface area contributed by atoms with Gasteiger partial charge in [0.2, 0.25) is 0 Å². The Morgan fingerprint density at radius 3 is 2.82 bits per heavy atom. The number of ether oxygens (including phenoxy) is 1. The fourth-order valence-electron chi connectivity index (χ4n) is 1.60. The van der Waals surface area contributed by atoms with Crippen molar-refractivity contribution in [3.8, 4) is 5.75 Å². The zero-order chi connectivity index (χ0) is 12.3. The molecule has 2 N–H and O–H groups in total. The largest absolute Gasteiger partial charge is 0.483 e. The Morgan fingerprint density at radius 2 is 2.24 bits per heavy atom. The van der Waals surface area contributed by atoms with Crippen molar-refractivity contribution in [3.05, 3.63) is 52.0 Å². The average molecular weight is 251 g/mol. The van der Waals surface area contributed by atoms with Crippen LogP contribution in [0.4, 0.5) is 4.39 Å². The van der Waals surface area contributed by atoms with E-state index in [2.05, 4.69) is 0 Å². The van der Waals surface area contributed by atoms with Gasteiger partial charge in [-0.15, -0.1) is 11.3 Å². The van der Waals surface area contributed by atoms with Gasteiger partial charge < -0.3 is 10.5 Å². The van der Waals surface area contributed by atoms with Crippen molar-refractivity contribution in [1.82, 2.24) is 0 Å². The summed E-state index contributed by atoms with van der Waals surface area (Å²) in [7, 11) is 0. The lowest BCUT2D eigenvalue weighted by Crippen LogP contribution is -2.17. The molecular formula is C13H14FNOS. The van der Waals surface area contributed by atoms with Gasteiger partial charge in [-0.2, -0.15) is 0 Å². The lowest BCUT2D eigenvalue weighted by Gasteiger charge is -2.17. The smallest absolute Gasteiger partial charge is 0.145 e. The second-order valence-corrected chi connectivity index (χ2v) is 4.75. The van der Waals surface area contributed by atoms with Crippen molar-refractivity contribution in [1.29, 1.82) is 0 Å². The molecule has 2 nitrogen and oxygen atoms in total. The number of thiophene rings is 1. The number of hydrogen-bond acceptors (Lipinski definition) is 3. The molecule has 1 unspecified atom stereocenters. The van der Waals surface area contributed by atoms with Crippen molar-refractivity contribution in [2.45, 2.75) is 13.0 Å². The molecule has 0 bridgehead atoms. The summed E-state index contributed by atoms with van der Waals surface area (Å²) < 4.78 is 18.8. The molecule has 0 aliphatic heterocycles. The van der Waals surface area contributed by atoms with Gasteiger partial charge in [0.25, 0.3) is 0 Å². The average Bonchev–Trinajstić information content (AvgIpc) is 2.81. The van der Waals surface area contributed by atoms with E-state index >= 15 is 0 Å². The normalized spacial score (nSPS) is 12.4. The summed E-state index contributed by atoms with van der Waals surface area (Å²) in [6.07, 6.45) is -0.167. The second-order valence-electron chi connectivity index (χ2n) is 3.77. The van der Waals surface area contributed by atoms with Gasteiger partial charge in [0.15, 0.2) is 0 Å². The van der Waals surface area contributed by atoms with Crippen LogP contribution in [0.25, 0.3) is 0 Å². The maximum atomic E-state index is 13.0. The van der Waals surface area contributed by atoms with Gasteiger partial charge in [0.1, 0.15) is 17.7 Å². The molecule has 0 fully saturated rings. The standard InChI is InChI=1S/C13H14FNOS/c1-9-7-10(14)4-5-11(9)16-12(8-15)13-3-2-6-17-13/h2-7,12H,8,15H2,1H3. The van der Waals surface area contributed by atoms with Crippen LogP contribution in [0.3, 0.4) is 0 Å². The third-order valence-corrected chi connectivity index (χ3v) is 3.45. The van der Waals surface area contributed by atoms with E-state index in [0.29, 0.717) is 12.3 Å². The molecule has 2 aromatic rings. The van der Waals surface area contributed by atoms with Gasteiger partial charge in [-0.05, 0) is 42.1 Å². The molecule has 0 saturated heterocycles. The van der Waals surface area contributed by atoms with E-state index in [1.807, 2.05) is 24.4 Å². The fourth-order valence-corrected chi connectivity index (χ4v) is 2.36. The van der Waals surface area contributed by atoms with Crippen LogP contribution in [-0.4, -0.2) is 6.54 Å². The number of aryl methyl sites for hydroxylation is 1. The lowest BCUT2D eigenvalue weighted by molar-refractivity contribution is 0.216. The van der Waals surface area contributed by atoms with Crippen molar-refractivity contribution in [3.63, 3.8) is 0 Å². The minimum absolute atomic E-state index is 0.167. The monoisotopic (exact) mass is 251 g/mol. The summed E-state index contributed by atoms with van der Waals surface area (Å²) in [5, 5.41) is 1.98. The molecule has 0 aliphatic carbocycles. The molecule has 1 aromatic heterocycles. The first kappa shape index (κ1) is 12.1. The quantitative estimate of drug-likeness (QED) is 0.905. The lowest BCUT2D eigenvalue weighted by atomic mass is 10.2. The highest BCUT2D eigenvalue weighted by Gasteiger charge is 2.13. The van der Waals surface area contributed by atoms with E-state index in [0.717, 1.165) is 10.4 Å². The minimum atomic E-state index is -0.254. The van der Waals surface area contributed by atoms with Crippen LogP contribution in [-0.2, 0) is 0 Å². The Balaban J connectivity index is 2.19. The van der Waals surface area contributed by atoms with Crippen LogP contribution in [0.1, 0.15) is 16.5 Å². The highest BCUT2D eigenvalue weighted by molar-refractivity contribution is 7.10. The highest BCUT2D eigenvalue weighted by Crippen LogP contribution is 2.27. The van der Waals surface area contributed by atoms with Crippen molar-refractivity contribution in [2.75, 3.05) is 6.54 Å². The molecule has 2 rings (SSSR count). The van der Waals surface area contributed by atoms with E-state index < -0.39 is 0 Å². The number of rotatable bonds is 4. The van der Waals surface area contributed by atoms with Crippen molar-refractivity contribution >= 4 is 11.3 Å². The van der Waals surface area contributed by atoms with Gasteiger partial charge in [0, 0.05) is 11.4 Å². The van der Waals surface area contributed by atoms with Gasteiger partial charge in [0.05, 0.1) is 0 Å². The van der Waals surface area contributed by atoms with Crippen molar-refractivity contribution < 1.29 is 9.13 Å². The number of benzene rings is 1. The number of halogens is 1. The van der Waals surface area contributed by atoms with Crippen LogP contribution in [0.5, 0.6) is 5.75 Å². The third-order valence-electron chi connectivity index (χ3n) is 2.48. The molecule has 1 heterocycles. The summed E-state index contributed by atoms with van der Waals surface area (Å²) in [5.41, 5.74) is 6.48. The van der Waals surface area contributed by atoms with Crippen LogP contribution < -0.4 is 10.5 Å². The molecule has 17 heavy (non-hydrogen) atoms. The molecule has 0 radical (unpaired) electrons. The molecular weight excluding hydrogens is 237 g/mol. The summed E-state index contributed by atoms with van der Waals surface area (Å²) in [6, 6.07) is 8.44.